The van der Waals surface area contributed by atoms with Crippen LogP contribution in [0.15, 0.2) is 46.9 Å². The SMILES string of the molecule is Cc1cccc(CC(N)c2ccc(Br)c(F)c2)c1. The Kier molecular flexibility index (Phi) is 4.15. The Bertz CT molecular complexity index is 554. The number of benzene rings is 2. The number of hydrogen-bond acceptors (Lipinski definition) is 1. The van der Waals surface area contributed by atoms with Crippen LogP contribution in [0.2, 0.25) is 0 Å². The van der Waals surface area contributed by atoms with Crippen molar-refractivity contribution < 1.29 is 4.39 Å². The summed E-state index contributed by atoms with van der Waals surface area (Å²) in [7, 11) is 0. The van der Waals surface area contributed by atoms with E-state index in [-0.39, 0.29) is 11.9 Å². The standard InChI is InChI=1S/C15H15BrFN/c1-10-3-2-4-11(7-10)8-15(18)12-5-6-13(16)14(17)9-12/h2-7,9,15H,8,18H2,1H3. The molecule has 0 aromatic heterocycles. The van der Waals surface area contributed by atoms with Gasteiger partial charge in [-0.3, -0.25) is 0 Å². The zero-order valence-electron chi connectivity index (χ0n) is 10.2. The molecule has 0 heterocycles. The van der Waals surface area contributed by atoms with Crippen LogP contribution < -0.4 is 5.73 Å². The van der Waals surface area contributed by atoms with Crippen LogP contribution in [0, 0.1) is 12.7 Å². The van der Waals surface area contributed by atoms with E-state index in [4.69, 9.17) is 5.73 Å². The van der Waals surface area contributed by atoms with Gasteiger partial charge >= 0.3 is 0 Å². The predicted octanol–water partition coefficient (Wildman–Crippen LogP) is 4.14. The summed E-state index contributed by atoms with van der Waals surface area (Å²) in [5, 5.41) is 0. The molecule has 0 spiro atoms. The maximum absolute atomic E-state index is 13.4. The summed E-state index contributed by atoms with van der Waals surface area (Å²) in [4.78, 5) is 0. The molecule has 0 aliphatic carbocycles. The van der Waals surface area contributed by atoms with Crippen LogP contribution in [0.1, 0.15) is 22.7 Å². The molecular formula is C15H15BrFN. The number of nitrogens with two attached hydrogens (primary N) is 1. The Morgan fingerprint density at radius 2 is 2.00 bits per heavy atom. The van der Waals surface area contributed by atoms with E-state index in [0.29, 0.717) is 10.9 Å². The zero-order valence-corrected chi connectivity index (χ0v) is 11.7. The molecule has 0 fully saturated rings. The normalized spacial score (nSPS) is 12.4. The van der Waals surface area contributed by atoms with Gasteiger partial charge in [-0.25, -0.2) is 4.39 Å². The minimum absolute atomic E-state index is 0.186. The Labute approximate surface area is 115 Å². The van der Waals surface area contributed by atoms with Crippen molar-refractivity contribution in [2.45, 2.75) is 19.4 Å². The predicted molar refractivity (Wildman–Crippen MR) is 75.9 cm³/mol. The first-order valence-electron chi connectivity index (χ1n) is 5.82. The molecule has 0 bridgehead atoms. The second-order valence-electron chi connectivity index (χ2n) is 4.47. The number of hydrogen-bond donors (Lipinski definition) is 1. The first-order chi connectivity index (χ1) is 8.56. The van der Waals surface area contributed by atoms with E-state index in [1.54, 1.807) is 6.07 Å². The molecule has 94 valence electrons. The number of rotatable bonds is 3. The van der Waals surface area contributed by atoms with E-state index >= 15 is 0 Å². The molecule has 0 saturated carbocycles. The van der Waals surface area contributed by atoms with Crippen LogP contribution in [0.5, 0.6) is 0 Å². The molecule has 3 heteroatoms. The highest BCUT2D eigenvalue weighted by molar-refractivity contribution is 9.10. The average Bonchev–Trinajstić information content (AvgIpc) is 2.32. The third-order valence-corrected chi connectivity index (χ3v) is 3.55. The molecule has 2 rings (SSSR count). The maximum Gasteiger partial charge on any atom is 0.137 e. The van der Waals surface area contributed by atoms with Gasteiger partial charge in [0.1, 0.15) is 5.82 Å². The summed E-state index contributed by atoms with van der Waals surface area (Å²) in [6.45, 7) is 2.05. The van der Waals surface area contributed by atoms with Crippen molar-refractivity contribution in [2.75, 3.05) is 0 Å². The smallest absolute Gasteiger partial charge is 0.137 e. The molecule has 1 unspecified atom stereocenters. The lowest BCUT2D eigenvalue weighted by molar-refractivity contribution is 0.612. The molecule has 2 aromatic rings. The quantitative estimate of drug-likeness (QED) is 0.906. The van der Waals surface area contributed by atoms with Crippen LogP contribution in [0.25, 0.3) is 0 Å². The molecule has 2 aromatic carbocycles. The molecular weight excluding hydrogens is 293 g/mol. The molecule has 18 heavy (non-hydrogen) atoms. The summed E-state index contributed by atoms with van der Waals surface area (Å²) >= 11 is 3.14. The van der Waals surface area contributed by atoms with E-state index in [9.17, 15) is 4.39 Å². The summed E-state index contributed by atoms with van der Waals surface area (Å²) in [5.74, 6) is -0.271. The highest BCUT2D eigenvalue weighted by atomic mass is 79.9. The first kappa shape index (κ1) is 13.2. The Morgan fingerprint density at radius 3 is 2.67 bits per heavy atom. The molecule has 2 N–H and O–H groups in total. The molecule has 0 aliphatic rings. The van der Waals surface area contributed by atoms with Crippen molar-refractivity contribution in [1.82, 2.24) is 0 Å². The van der Waals surface area contributed by atoms with Gasteiger partial charge in [0.25, 0.3) is 0 Å². The molecule has 0 radical (unpaired) electrons. The summed E-state index contributed by atoms with van der Waals surface area (Å²) in [6, 6.07) is 13.1. The average molecular weight is 308 g/mol. The van der Waals surface area contributed by atoms with E-state index in [1.807, 2.05) is 31.2 Å². The Morgan fingerprint density at radius 1 is 1.22 bits per heavy atom. The van der Waals surface area contributed by atoms with E-state index < -0.39 is 0 Å². The number of aryl methyl sites for hydroxylation is 1. The summed E-state index contributed by atoms with van der Waals surface area (Å²) < 4.78 is 13.9. The van der Waals surface area contributed by atoms with E-state index in [1.165, 1.54) is 17.2 Å². The monoisotopic (exact) mass is 307 g/mol. The molecule has 0 saturated heterocycles. The van der Waals surface area contributed by atoms with Gasteiger partial charge in [0.15, 0.2) is 0 Å². The van der Waals surface area contributed by atoms with Gasteiger partial charge in [0.2, 0.25) is 0 Å². The lowest BCUT2D eigenvalue weighted by Gasteiger charge is -2.13. The van der Waals surface area contributed by atoms with Crippen molar-refractivity contribution in [3.8, 4) is 0 Å². The van der Waals surface area contributed by atoms with Gasteiger partial charge in [0.05, 0.1) is 4.47 Å². The summed E-state index contributed by atoms with van der Waals surface area (Å²) in [6.07, 6.45) is 0.711. The van der Waals surface area contributed by atoms with Crippen LogP contribution in [0.3, 0.4) is 0 Å². The topological polar surface area (TPSA) is 26.0 Å². The van der Waals surface area contributed by atoms with Gasteiger partial charge in [-0.15, -0.1) is 0 Å². The maximum atomic E-state index is 13.4. The first-order valence-corrected chi connectivity index (χ1v) is 6.61. The zero-order chi connectivity index (χ0) is 13.1. The van der Waals surface area contributed by atoms with Gasteiger partial charge in [-0.05, 0) is 52.5 Å². The number of halogens is 2. The van der Waals surface area contributed by atoms with Gasteiger partial charge in [-0.1, -0.05) is 35.9 Å². The second-order valence-corrected chi connectivity index (χ2v) is 5.33. The largest absolute Gasteiger partial charge is 0.324 e. The fourth-order valence-electron chi connectivity index (χ4n) is 1.95. The fraction of sp³-hybridized carbons (Fsp3) is 0.200. The van der Waals surface area contributed by atoms with E-state index in [0.717, 1.165) is 5.56 Å². The second kappa shape index (κ2) is 5.63. The lowest BCUT2D eigenvalue weighted by atomic mass is 9.99. The summed E-state index contributed by atoms with van der Waals surface area (Å²) in [5.41, 5.74) is 9.31. The third-order valence-electron chi connectivity index (χ3n) is 2.91. The fourth-order valence-corrected chi connectivity index (χ4v) is 2.20. The van der Waals surface area contributed by atoms with Gasteiger partial charge in [0, 0.05) is 6.04 Å². The van der Waals surface area contributed by atoms with Crippen LogP contribution >= 0.6 is 15.9 Å². The van der Waals surface area contributed by atoms with Crippen molar-refractivity contribution in [3.05, 3.63) is 69.4 Å². The van der Waals surface area contributed by atoms with Crippen molar-refractivity contribution >= 4 is 15.9 Å². The molecule has 1 atom stereocenters. The lowest BCUT2D eigenvalue weighted by Crippen LogP contribution is -2.13. The molecule has 1 nitrogen and oxygen atoms in total. The van der Waals surface area contributed by atoms with Crippen LogP contribution in [-0.2, 0) is 6.42 Å². The van der Waals surface area contributed by atoms with E-state index in [2.05, 4.69) is 22.0 Å². The van der Waals surface area contributed by atoms with Crippen LogP contribution in [0.4, 0.5) is 4.39 Å². The van der Waals surface area contributed by atoms with Crippen molar-refractivity contribution in [3.63, 3.8) is 0 Å². The highest BCUT2D eigenvalue weighted by Crippen LogP contribution is 2.22. The minimum Gasteiger partial charge on any atom is -0.324 e. The Balaban J connectivity index is 2.16. The third kappa shape index (κ3) is 3.18. The van der Waals surface area contributed by atoms with Crippen LogP contribution in [-0.4, -0.2) is 0 Å². The van der Waals surface area contributed by atoms with Crippen molar-refractivity contribution in [1.29, 1.82) is 0 Å². The Hall–Kier alpha value is -1.19. The molecule has 0 aliphatic heterocycles. The van der Waals surface area contributed by atoms with Gasteiger partial charge in [-0.2, -0.15) is 0 Å². The minimum atomic E-state index is -0.271. The molecule has 0 amide bonds. The van der Waals surface area contributed by atoms with Gasteiger partial charge < -0.3 is 5.73 Å². The van der Waals surface area contributed by atoms with Crippen molar-refractivity contribution in [2.24, 2.45) is 5.73 Å². The highest BCUT2D eigenvalue weighted by Gasteiger charge is 2.09.